The zero-order valence-electron chi connectivity index (χ0n) is 18.4. The van der Waals surface area contributed by atoms with E-state index in [9.17, 15) is 4.79 Å². The Kier molecular flexibility index (Phi) is 8.87. The molecule has 168 valence electrons. The van der Waals surface area contributed by atoms with Gasteiger partial charge in [-0.25, -0.2) is 5.43 Å². The highest BCUT2D eigenvalue weighted by atomic mass is 32.1. The maximum Gasteiger partial charge on any atom is 0.272 e. The SMILES string of the molecule is CCOc1cc(C=NNC(=O)c2csc(C(C)C)c2)ccc1OCCN1CCOCC1. The van der Waals surface area contributed by atoms with Crippen LogP contribution in [0.3, 0.4) is 0 Å². The molecule has 7 nitrogen and oxygen atoms in total. The number of benzene rings is 1. The van der Waals surface area contributed by atoms with Crippen LogP contribution in [0, 0.1) is 0 Å². The van der Waals surface area contributed by atoms with Gasteiger partial charge in [-0.2, -0.15) is 5.10 Å². The molecule has 0 atom stereocenters. The van der Waals surface area contributed by atoms with Crippen LogP contribution in [0.15, 0.2) is 34.7 Å². The quantitative estimate of drug-likeness (QED) is 0.446. The molecule has 1 saturated heterocycles. The molecule has 0 aliphatic carbocycles. The minimum atomic E-state index is -0.215. The topological polar surface area (TPSA) is 72.4 Å². The van der Waals surface area contributed by atoms with E-state index in [0.717, 1.165) is 38.4 Å². The van der Waals surface area contributed by atoms with Gasteiger partial charge < -0.3 is 14.2 Å². The highest BCUT2D eigenvalue weighted by Gasteiger charge is 2.12. The van der Waals surface area contributed by atoms with E-state index in [1.54, 1.807) is 17.6 Å². The molecule has 3 rings (SSSR count). The Bertz CT molecular complexity index is 875. The molecule has 2 heterocycles. The van der Waals surface area contributed by atoms with E-state index in [1.165, 1.54) is 4.88 Å². The predicted octanol–water partition coefficient (Wildman–Crippen LogP) is 3.75. The van der Waals surface area contributed by atoms with Crippen LogP contribution in [0.4, 0.5) is 0 Å². The Morgan fingerprint density at radius 1 is 1.26 bits per heavy atom. The minimum absolute atomic E-state index is 0.215. The lowest BCUT2D eigenvalue weighted by Crippen LogP contribution is -2.38. The van der Waals surface area contributed by atoms with Crippen molar-refractivity contribution in [1.82, 2.24) is 10.3 Å². The van der Waals surface area contributed by atoms with Crippen molar-refractivity contribution in [2.75, 3.05) is 46.1 Å². The highest BCUT2D eigenvalue weighted by Crippen LogP contribution is 2.28. The maximum atomic E-state index is 12.3. The number of carbonyl (C=O) groups is 1. The van der Waals surface area contributed by atoms with Crippen LogP contribution in [-0.2, 0) is 4.74 Å². The third-order valence-electron chi connectivity index (χ3n) is 4.87. The van der Waals surface area contributed by atoms with E-state index in [4.69, 9.17) is 14.2 Å². The average Bonchev–Trinajstić information content (AvgIpc) is 3.27. The number of thiophene rings is 1. The summed E-state index contributed by atoms with van der Waals surface area (Å²) < 4.78 is 17.1. The van der Waals surface area contributed by atoms with Crippen LogP contribution in [0.25, 0.3) is 0 Å². The van der Waals surface area contributed by atoms with Crippen molar-refractivity contribution < 1.29 is 19.0 Å². The van der Waals surface area contributed by atoms with Crippen molar-refractivity contribution in [3.05, 3.63) is 45.6 Å². The van der Waals surface area contributed by atoms with Crippen molar-refractivity contribution in [1.29, 1.82) is 0 Å². The molecule has 1 amide bonds. The Hall–Kier alpha value is -2.42. The summed E-state index contributed by atoms with van der Waals surface area (Å²) >= 11 is 1.59. The van der Waals surface area contributed by atoms with E-state index >= 15 is 0 Å². The van der Waals surface area contributed by atoms with E-state index in [1.807, 2.05) is 36.6 Å². The van der Waals surface area contributed by atoms with Gasteiger partial charge in [0.15, 0.2) is 11.5 Å². The van der Waals surface area contributed by atoms with E-state index in [-0.39, 0.29) is 5.91 Å². The number of rotatable bonds is 10. The first-order valence-corrected chi connectivity index (χ1v) is 11.6. The number of morpholine rings is 1. The van der Waals surface area contributed by atoms with Gasteiger partial charge in [-0.1, -0.05) is 13.8 Å². The van der Waals surface area contributed by atoms with Gasteiger partial charge in [0.2, 0.25) is 0 Å². The second-order valence-electron chi connectivity index (χ2n) is 7.53. The lowest BCUT2D eigenvalue weighted by Gasteiger charge is -2.26. The zero-order valence-corrected chi connectivity index (χ0v) is 19.2. The number of nitrogens with one attached hydrogen (secondary N) is 1. The van der Waals surface area contributed by atoms with Crippen LogP contribution in [0.2, 0.25) is 0 Å². The molecule has 1 aromatic carbocycles. The highest BCUT2D eigenvalue weighted by molar-refractivity contribution is 7.10. The first-order valence-electron chi connectivity index (χ1n) is 10.7. The van der Waals surface area contributed by atoms with Crippen LogP contribution in [-0.4, -0.2) is 63.1 Å². The Morgan fingerprint density at radius 3 is 2.77 bits per heavy atom. The molecular formula is C23H31N3O4S. The van der Waals surface area contributed by atoms with Crippen LogP contribution >= 0.6 is 11.3 Å². The van der Waals surface area contributed by atoms with Gasteiger partial charge in [0, 0.05) is 29.9 Å². The molecule has 8 heteroatoms. The van der Waals surface area contributed by atoms with E-state index in [0.29, 0.717) is 36.2 Å². The molecule has 0 radical (unpaired) electrons. The average molecular weight is 446 g/mol. The number of ether oxygens (including phenoxy) is 3. The summed E-state index contributed by atoms with van der Waals surface area (Å²) in [4.78, 5) is 15.8. The fourth-order valence-electron chi connectivity index (χ4n) is 3.11. The third-order valence-corrected chi connectivity index (χ3v) is 6.10. The van der Waals surface area contributed by atoms with Gasteiger partial charge in [-0.05, 0) is 42.7 Å². The first-order chi connectivity index (χ1) is 15.1. The van der Waals surface area contributed by atoms with Crippen molar-refractivity contribution in [3.8, 4) is 11.5 Å². The summed E-state index contributed by atoms with van der Waals surface area (Å²) in [5.74, 6) is 1.56. The number of hydrogen-bond acceptors (Lipinski definition) is 7. The molecule has 0 unspecified atom stereocenters. The monoisotopic (exact) mass is 445 g/mol. The smallest absolute Gasteiger partial charge is 0.272 e. The Balaban J connectivity index is 1.55. The molecule has 1 N–H and O–H groups in total. The van der Waals surface area contributed by atoms with Crippen molar-refractivity contribution in [2.45, 2.75) is 26.7 Å². The molecule has 0 bridgehead atoms. The number of amides is 1. The standard InChI is InChI=1S/C23H31N3O4S/c1-4-29-21-13-18(5-6-20(21)30-12-9-26-7-10-28-11-8-26)15-24-25-23(27)19-14-22(17(2)3)31-16-19/h5-6,13-17H,4,7-12H2,1-3H3,(H,25,27). The van der Waals surface area contributed by atoms with Gasteiger partial charge in [0.05, 0.1) is 31.6 Å². The zero-order chi connectivity index (χ0) is 22.1. The molecular weight excluding hydrogens is 414 g/mol. The number of carbonyl (C=O) groups excluding carboxylic acids is 1. The number of hydrazone groups is 1. The minimum Gasteiger partial charge on any atom is -0.490 e. The summed E-state index contributed by atoms with van der Waals surface area (Å²) in [6, 6.07) is 7.55. The van der Waals surface area contributed by atoms with Crippen LogP contribution in [0.1, 0.15) is 47.5 Å². The molecule has 0 saturated carbocycles. The fourth-order valence-corrected chi connectivity index (χ4v) is 4.01. The molecule has 1 fully saturated rings. The summed E-state index contributed by atoms with van der Waals surface area (Å²) in [6.45, 7) is 11.6. The van der Waals surface area contributed by atoms with Crippen molar-refractivity contribution in [2.24, 2.45) is 5.10 Å². The third kappa shape index (κ3) is 7.05. The second kappa shape index (κ2) is 11.8. The van der Waals surface area contributed by atoms with Gasteiger partial charge in [-0.15, -0.1) is 11.3 Å². The Morgan fingerprint density at radius 2 is 2.06 bits per heavy atom. The summed E-state index contributed by atoms with van der Waals surface area (Å²) in [7, 11) is 0. The summed E-state index contributed by atoms with van der Waals surface area (Å²) in [5.41, 5.74) is 4.03. The van der Waals surface area contributed by atoms with Gasteiger partial charge >= 0.3 is 0 Å². The fraction of sp³-hybridized carbons (Fsp3) is 0.478. The first kappa shape index (κ1) is 23.2. The summed E-state index contributed by atoms with van der Waals surface area (Å²) in [6.07, 6.45) is 1.60. The molecule has 1 aliphatic rings. The summed E-state index contributed by atoms with van der Waals surface area (Å²) in [5, 5.41) is 5.95. The van der Waals surface area contributed by atoms with Gasteiger partial charge in [0.1, 0.15) is 6.61 Å². The van der Waals surface area contributed by atoms with Crippen LogP contribution < -0.4 is 14.9 Å². The second-order valence-corrected chi connectivity index (χ2v) is 8.48. The van der Waals surface area contributed by atoms with Gasteiger partial charge in [0.25, 0.3) is 5.91 Å². The van der Waals surface area contributed by atoms with Crippen LogP contribution in [0.5, 0.6) is 11.5 Å². The molecule has 1 aliphatic heterocycles. The molecule has 1 aromatic heterocycles. The molecule has 2 aromatic rings. The van der Waals surface area contributed by atoms with Gasteiger partial charge in [-0.3, -0.25) is 9.69 Å². The maximum absolute atomic E-state index is 12.3. The molecule has 31 heavy (non-hydrogen) atoms. The Labute approximate surface area is 188 Å². The largest absolute Gasteiger partial charge is 0.490 e. The van der Waals surface area contributed by atoms with E-state index in [2.05, 4.69) is 29.3 Å². The molecule has 0 spiro atoms. The number of nitrogens with zero attached hydrogens (tertiary/aromatic N) is 2. The lowest BCUT2D eigenvalue weighted by atomic mass is 10.1. The van der Waals surface area contributed by atoms with E-state index < -0.39 is 0 Å². The van der Waals surface area contributed by atoms with Crippen molar-refractivity contribution in [3.63, 3.8) is 0 Å². The van der Waals surface area contributed by atoms with Crippen molar-refractivity contribution >= 4 is 23.5 Å². The predicted molar refractivity (Wildman–Crippen MR) is 124 cm³/mol. The normalized spacial score (nSPS) is 14.8. The number of hydrogen-bond donors (Lipinski definition) is 1. The lowest BCUT2D eigenvalue weighted by molar-refractivity contribution is 0.0321.